The van der Waals surface area contributed by atoms with Gasteiger partial charge in [0.05, 0.1) is 55.5 Å². The number of aromatic nitrogens is 4. The van der Waals surface area contributed by atoms with Gasteiger partial charge in [-0.1, -0.05) is 112 Å². The minimum absolute atomic E-state index is 0.0208. The van der Waals surface area contributed by atoms with Crippen LogP contribution in [-0.2, 0) is 81.7 Å². The molecule has 20 unspecified atom stereocenters. The fourth-order valence-corrected chi connectivity index (χ4v) is 17.5. The average Bonchev–Trinajstić information content (AvgIpc) is 1.59. The van der Waals surface area contributed by atoms with Gasteiger partial charge in [0.2, 0.25) is 41.7 Å². The van der Waals surface area contributed by atoms with Crippen LogP contribution in [0.3, 0.4) is 0 Å². The number of methoxy groups -OCH3 is 1. The molecule has 5 aliphatic rings. The standard InChI is InChI=1S/C90H109ClN14O28/c1-42(2)68(99-65(110)28-29-66(111)103-36-46-15-8-9-16-51(46)72-69(54-19-12-13-21-58(54)103)100-101-105(72)38-61(109)73(112)80-70(94-44(5)107)60(108)34-90(133-80,87(123)124)129-41-64-75(114)77(116)78(117)85(127-7)132-64)82(120)98-56(20-14-30-93-88(92)125)81(119)95-49-24-22-45(23-25-49)40-128-89(126)102(6)71(43(3)4)83(121)96-50-26-27-55-47(31-50)32-57(97-55)84(122)104-37-48(35-91)67-53-18-11-10-17-52(53)62(33-59(67)104)130-86-79(118)76(115)74(113)63(39-106)131-86/h8-13,15-19,21-27,31-33,42-43,48,56,60-61,63-64,68,70-71,73-80,85-86,97,106,108-109,112-118H,14,20,28-30,34-41H2,1-7H3,(H,94,107)(H,95,119)(H,96,121)(H,98,120)(H,99,110)(H,123,124)(H3,92,93,125). The highest BCUT2D eigenvalue weighted by Gasteiger charge is 2.58. The summed E-state index contributed by atoms with van der Waals surface area (Å²) in [4.78, 5) is 145. The van der Waals surface area contributed by atoms with Crippen LogP contribution < -0.4 is 52.2 Å². The third-order valence-electron chi connectivity index (χ3n) is 24.2. The number of aromatic amines is 1. The van der Waals surface area contributed by atoms with Crippen molar-refractivity contribution in [3.05, 3.63) is 150 Å². The van der Waals surface area contributed by atoms with E-state index in [1.165, 1.54) is 33.7 Å². The Kier molecular flexibility index (Phi) is 31.5. The van der Waals surface area contributed by atoms with Gasteiger partial charge in [0, 0.05) is 110 Å². The molecule has 7 heterocycles. The SMILES string of the molecule is COC1OC(COC2(C(=O)O)CC(O)C(NC(C)=O)C(C(O)C(O)Cn3nnc4c3-c3ccccc3CN(C(=O)CCC(=O)NC(C(=O)NC(CCCNC(N)=O)C(=O)Nc3ccc(COC(=O)N(C)C(C(=O)Nc5ccc6[nH]c(C(=O)N7CC(CCl)c8c7cc(OC7OC(CO)C(O)C(O)C7O)c7ccccc87)cc6c5)C(C)C)cc3)C(C)C)c3ccccc3-4)O2)C(O)C(O)C1O. The zero-order chi connectivity index (χ0) is 95.9. The van der Waals surface area contributed by atoms with Crippen LogP contribution in [0.2, 0.25) is 0 Å². The van der Waals surface area contributed by atoms with Gasteiger partial charge in [0.1, 0.15) is 109 Å². The number of aliphatic hydroxyl groups excluding tert-OH is 10. The Hall–Kier alpha value is -12.0. The predicted octanol–water partition coefficient (Wildman–Crippen LogP) is 1.61. The molecule has 10 amide bonds. The zero-order valence-corrected chi connectivity index (χ0v) is 74.2. The van der Waals surface area contributed by atoms with Gasteiger partial charge in [-0.2, -0.15) is 0 Å². The summed E-state index contributed by atoms with van der Waals surface area (Å²) >= 11 is 6.59. The maximum atomic E-state index is 14.8. The zero-order valence-electron chi connectivity index (χ0n) is 73.4. The first-order chi connectivity index (χ1) is 63.4. The van der Waals surface area contributed by atoms with E-state index in [9.17, 15) is 104 Å². The quantitative estimate of drug-likeness (QED) is 0.0201. The van der Waals surface area contributed by atoms with Crippen molar-refractivity contribution in [2.24, 2.45) is 17.6 Å². The van der Waals surface area contributed by atoms with Crippen LogP contribution in [0.1, 0.15) is 99.8 Å². The number of nitrogens with two attached hydrogens (primary N) is 1. The molecule has 0 spiro atoms. The van der Waals surface area contributed by atoms with Crippen molar-refractivity contribution in [1.82, 2.24) is 46.1 Å². The van der Waals surface area contributed by atoms with E-state index in [1.807, 2.05) is 12.1 Å². The van der Waals surface area contributed by atoms with Gasteiger partial charge in [-0.15, -0.1) is 16.7 Å². The number of H-pyrrole nitrogens is 1. The molecule has 133 heavy (non-hydrogen) atoms. The molecule has 6 aromatic carbocycles. The first-order valence-electron chi connectivity index (χ1n) is 43.2. The van der Waals surface area contributed by atoms with Crippen molar-refractivity contribution in [3.8, 4) is 28.3 Å². The maximum Gasteiger partial charge on any atom is 0.410 e. The summed E-state index contributed by atoms with van der Waals surface area (Å²) in [6, 6.07) is 29.1. The van der Waals surface area contributed by atoms with Gasteiger partial charge >= 0.3 is 18.1 Å². The number of alkyl halides is 1. The minimum atomic E-state index is -2.86. The Bertz CT molecular complexity index is 5590. The fraction of sp³-hybridized carbons (Fsp3) is 0.467. The second-order valence-electron chi connectivity index (χ2n) is 34.1. The highest BCUT2D eigenvalue weighted by Crippen LogP contribution is 2.48. The molecule has 3 fully saturated rings. The number of amides is 10. The number of ether oxygens (including phenoxy) is 7. The van der Waals surface area contributed by atoms with E-state index in [2.05, 4.69) is 47.2 Å². The maximum absolute atomic E-state index is 14.8. The second kappa shape index (κ2) is 42.5. The summed E-state index contributed by atoms with van der Waals surface area (Å²) in [5.74, 6) is -10.2. The van der Waals surface area contributed by atoms with Gasteiger partial charge in [-0.3, -0.25) is 38.5 Å². The van der Waals surface area contributed by atoms with E-state index < -0.39 is 226 Å². The molecule has 5 aliphatic heterocycles. The van der Waals surface area contributed by atoms with Crippen molar-refractivity contribution >= 4 is 115 Å². The number of urea groups is 1. The molecule has 3 saturated heterocycles. The molecular formula is C90H109ClN14O28. The molecule has 8 aromatic rings. The Balaban J connectivity index is 0.615. The van der Waals surface area contributed by atoms with Crippen LogP contribution in [0.4, 0.5) is 32.3 Å². The number of primary amides is 1. The summed E-state index contributed by atoms with van der Waals surface area (Å²) in [5, 5.41) is 146. The number of carboxylic acids is 1. The minimum Gasteiger partial charge on any atom is -0.477 e. The van der Waals surface area contributed by atoms with Crippen LogP contribution in [0, 0.1) is 11.8 Å². The Morgan fingerprint density at radius 1 is 0.729 bits per heavy atom. The van der Waals surface area contributed by atoms with Crippen molar-refractivity contribution in [2.45, 2.75) is 208 Å². The number of rotatable bonds is 34. The Morgan fingerprint density at radius 2 is 1.39 bits per heavy atom. The lowest BCUT2D eigenvalue weighted by atomic mass is 9.88. The van der Waals surface area contributed by atoms with E-state index in [0.717, 1.165) is 19.6 Å². The third kappa shape index (κ3) is 21.6. The first-order valence-corrected chi connectivity index (χ1v) is 43.7. The number of aliphatic hydroxyl groups is 10. The number of benzene rings is 6. The number of anilines is 4. The van der Waals surface area contributed by atoms with Crippen LogP contribution >= 0.6 is 11.6 Å². The summed E-state index contributed by atoms with van der Waals surface area (Å²) < 4.78 is 41.1. The van der Waals surface area contributed by atoms with Gasteiger partial charge in [0.15, 0.2) is 6.29 Å². The lowest BCUT2D eigenvalue weighted by Gasteiger charge is -2.47. The van der Waals surface area contributed by atoms with Crippen LogP contribution in [0.25, 0.3) is 44.2 Å². The Morgan fingerprint density at radius 3 is 2.07 bits per heavy atom. The lowest BCUT2D eigenvalue weighted by molar-refractivity contribution is -0.336. The summed E-state index contributed by atoms with van der Waals surface area (Å²) in [7, 11) is 2.56. The molecule has 0 aliphatic carbocycles. The van der Waals surface area contributed by atoms with E-state index in [-0.39, 0.29) is 79.4 Å². The molecule has 42 nitrogen and oxygen atoms in total. The molecule has 20 N–H and O–H groups in total. The van der Waals surface area contributed by atoms with Gasteiger partial charge < -0.3 is 142 Å². The number of carbonyl (C=O) groups excluding carboxylic acids is 9. The molecule has 20 atom stereocenters. The van der Waals surface area contributed by atoms with E-state index in [0.29, 0.717) is 61.0 Å². The molecule has 2 aromatic heterocycles. The third-order valence-corrected chi connectivity index (χ3v) is 24.6. The molecular weight excluding hydrogens is 1760 g/mol. The normalized spacial score (nSPS) is 24.4. The van der Waals surface area contributed by atoms with Gasteiger partial charge in [-0.05, 0) is 89.2 Å². The number of aliphatic carboxylic acids is 1. The summed E-state index contributed by atoms with van der Waals surface area (Å²) in [6.45, 7) is 5.58. The van der Waals surface area contributed by atoms with Gasteiger partial charge in [0.25, 0.3) is 11.7 Å². The molecule has 0 radical (unpaired) electrons. The molecule has 43 heteroatoms. The molecule has 0 bridgehead atoms. The van der Waals surface area contributed by atoms with E-state index >= 15 is 0 Å². The van der Waals surface area contributed by atoms with Crippen LogP contribution in [0.15, 0.2) is 127 Å². The summed E-state index contributed by atoms with van der Waals surface area (Å²) in [5.41, 5.74) is 10.4. The number of para-hydroxylation sites is 1. The van der Waals surface area contributed by atoms with E-state index in [4.69, 9.17) is 50.5 Å². The Labute approximate surface area is 765 Å². The highest BCUT2D eigenvalue weighted by molar-refractivity contribution is 6.19. The number of hydrogen-bond donors (Lipinski definition) is 19. The number of carbonyl (C=O) groups is 10. The number of likely N-dealkylation sites (N-methyl/N-ethyl adjacent to an activating group) is 1. The van der Waals surface area contributed by atoms with Crippen molar-refractivity contribution in [2.75, 3.05) is 66.8 Å². The smallest absolute Gasteiger partial charge is 0.410 e. The molecule has 714 valence electrons. The number of halogens is 1. The monoisotopic (exact) mass is 1870 g/mol. The first kappa shape index (κ1) is 98.6. The number of nitrogens with one attached hydrogen (secondary N) is 7. The fourth-order valence-electron chi connectivity index (χ4n) is 17.3. The van der Waals surface area contributed by atoms with Gasteiger partial charge in [-0.25, -0.2) is 19.1 Å². The van der Waals surface area contributed by atoms with Crippen LogP contribution in [-0.4, -0.2) is 303 Å². The number of hydrogen-bond acceptors (Lipinski definition) is 29. The topological polar surface area (TPSA) is 612 Å². The van der Waals surface area contributed by atoms with Crippen LogP contribution in [0.5, 0.6) is 5.75 Å². The van der Waals surface area contributed by atoms with E-state index in [1.54, 1.807) is 136 Å². The van der Waals surface area contributed by atoms with Crippen molar-refractivity contribution < 1.29 is 137 Å². The average molecular weight is 1870 g/mol. The van der Waals surface area contributed by atoms with Crippen molar-refractivity contribution in [1.29, 1.82) is 0 Å². The number of nitrogens with zero attached hydrogens (tertiary/aromatic N) is 6. The second-order valence-corrected chi connectivity index (χ2v) is 34.4. The summed E-state index contributed by atoms with van der Waals surface area (Å²) in [6.07, 6.45) is -26.6. The predicted molar refractivity (Wildman–Crippen MR) is 474 cm³/mol. The highest BCUT2D eigenvalue weighted by atomic mass is 35.5. The number of fused-ring (bicyclic) bond motifs is 9. The lowest BCUT2D eigenvalue weighted by Crippen LogP contribution is -2.68. The molecule has 13 rings (SSSR count). The molecule has 0 saturated carbocycles. The van der Waals surface area contributed by atoms with Crippen molar-refractivity contribution in [3.63, 3.8) is 0 Å². The number of carboxylic acid groups (broad SMARTS) is 1. The largest absolute Gasteiger partial charge is 0.477 e.